The van der Waals surface area contributed by atoms with Crippen LogP contribution in [0.15, 0.2) is 12.1 Å². The van der Waals surface area contributed by atoms with Crippen molar-refractivity contribution in [2.75, 3.05) is 7.11 Å². The van der Waals surface area contributed by atoms with Crippen molar-refractivity contribution in [3.8, 4) is 11.5 Å². The molecule has 1 saturated carbocycles. The van der Waals surface area contributed by atoms with Crippen molar-refractivity contribution in [1.29, 1.82) is 0 Å². The van der Waals surface area contributed by atoms with Crippen LogP contribution < -0.4 is 15.2 Å². The maximum atomic E-state index is 14.2. The Balaban J connectivity index is 2.44. The summed E-state index contributed by atoms with van der Waals surface area (Å²) >= 11 is 0. The molecule has 1 aliphatic carbocycles. The Morgan fingerprint density at radius 1 is 1.21 bits per heavy atom. The quantitative estimate of drug-likeness (QED) is 0.909. The van der Waals surface area contributed by atoms with Crippen LogP contribution in [-0.2, 0) is 5.54 Å². The smallest absolute Gasteiger partial charge is 0.163 e. The topological polar surface area (TPSA) is 44.5 Å². The maximum absolute atomic E-state index is 14.2. The third-order valence-corrected chi connectivity index (χ3v) is 3.65. The summed E-state index contributed by atoms with van der Waals surface area (Å²) in [6.45, 7) is 3.85. The van der Waals surface area contributed by atoms with Crippen molar-refractivity contribution in [3.05, 3.63) is 23.5 Å². The number of ether oxygens (including phenoxy) is 2. The molecule has 1 aliphatic rings. The summed E-state index contributed by atoms with van der Waals surface area (Å²) in [7, 11) is 1.51. The van der Waals surface area contributed by atoms with Gasteiger partial charge in [-0.05, 0) is 32.8 Å². The molecular formula is C15H22FNO2. The van der Waals surface area contributed by atoms with Gasteiger partial charge in [-0.25, -0.2) is 4.39 Å². The first-order valence-corrected chi connectivity index (χ1v) is 6.80. The molecule has 0 saturated heterocycles. The van der Waals surface area contributed by atoms with Crippen LogP contribution in [0.1, 0.15) is 45.1 Å². The second kappa shape index (κ2) is 5.37. The van der Waals surface area contributed by atoms with Crippen LogP contribution in [-0.4, -0.2) is 13.2 Å². The molecule has 3 nitrogen and oxygen atoms in total. The summed E-state index contributed by atoms with van der Waals surface area (Å²) in [5.74, 6) is 0.666. The van der Waals surface area contributed by atoms with Gasteiger partial charge in [-0.1, -0.05) is 12.8 Å². The normalized spacial score (nSPS) is 17.8. The Kier molecular flexibility index (Phi) is 3.99. The second-order valence-electron chi connectivity index (χ2n) is 5.51. The number of rotatable bonds is 4. The third-order valence-electron chi connectivity index (χ3n) is 3.65. The summed E-state index contributed by atoms with van der Waals surface area (Å²) in [6.07, 6.45) is 3.73. The van der Waals surface area contributed by atoms with Gasteiger partial charge in [0, 0.05) is 17.2 Å². The van der Waals surface area contributed by atoms with E-state index in [1.807, 2.05) is 13.8 Å². The molecule has 1 fully saturated rings. The molecule has 2 rings (SSSR count). The van der Waals surface area contributed by atoms with E-state index in [1.54, 1.807) is 6.07 Å². The first-order chi connectivity index (χ1) is 8.96. The summed E-state index contributed by atoms with van der Waals surface area (Å²) in [4.78, 5) is 0. The molecule has 0 unspecified atom stereocenters. The van der Waals surface area contributed by atoms with E-state index >= 15 is 0 Å². The van der Waals surface area contributed by atoms with E-state index in [4.69, 9.17) is 15.2 Å². The van der Waals surface area contributed by atoms with Gasteiger partial charge in [-0.2, -0.15) is 0 Å². The molecule has 1 aromatic carbocycles. The van der Waals surface area contributed by atoms with Crippen molar-refractivity contribution in [1.82, 2.24) is 0 Å². The predicted molar refractivity (Wildman–Crippen MR) is 73.0 cm³/mol. The molecule has 0 aliphatic heterocycles. The Morgan fingerprint density at radius 3 is 2.37 bits per heavy atom. The Hall–Kier alpha value is -1.29. The van der Waals surface area contributed by atoms with E-state index < -0.39 is 5.54 Å². The minimum Gasteiger partial charge on any atom is -0.493 e. The molecule has 2 N–H and O–H groups in total. The lowest BCUT2D eigenvalue weighted by atomic mass is 9.88. The molecule has 0 spiro atoms. The number of halogens is 1. The Morgan fingerprint density at radius 2 is 1.84 bits per heavy atom. The highest BCUT2D eigenvalue weighted by atomic mass is 19.1. The number of benzene rings is 1. The second-order valence-corrected chi connectivity index (χ2v) is 5.51. The zero-order valence-corrected chi connectivity index (χ0v) is 11.8. The molecule has 0 aromatic heterocycles. The minimum atomic E-state index is -0.564. The van der Waals surface area contributed by atoms with Gasteiger partial charge in [0.25, 0.3) is 0 Å². The largest absolute Gasteiger partial charge is 0.493 e. The van der Waals surface area contributed by atoms with Gasteiger partial charge in [0.2, 0.25) is 0 Å². The van der Waals surface area contributed by atoms with Crippen molar-refractivity contribution in [2.45, 2.75) is 51.2 Å². The van der Waals surface area contributed by atoms with E-state index in [2.05, 4.69) is 0 Å². The maximum Gasteiger partial charge on any atom is 0.163 e. The van der Waals surface area contributed by atoms with E-state index in [0.29, 0.717) is 17.1 Å². The van der Waals surface area contributed by atoms with Crippen LogP contribution in [0, 0.1) is 5.82 Å². The highest BCUT2D eigenvalue weighted by Gasteiger charge is 2.34. The lowest BCUT2D eigenvalue weighted by molar-refractivity contribution is 0.228. The fraction of sp³-hybridized carbons (Fsp3) is 0.600. The van der Waals surface area contributed by atoms with Crippen LogP contribution in [0.4, 0.5) is 4.39 Å². The highest BCUT2D eigenvalue weighted by molar-refractivity contribution is 5.46. The monoisotopic (exact) mass is 267 g/mol. The fourth-order valence-electron chi connectivity index (χ4n) is 2.70. The molecule has 106 valence electrons. The first-order valence-electron chi connectivity index (χ1n) is 6.80. The zero-order valence-electron chi connectivity index (χ0n) is 11.8. The number of methoxy groups -OCH3 is 1. The molecule has 1 aromatic rings. The van der Waals surface area contributed by atoms with Crippen LogP contribution >= 0.6 is 0 Å². The van der Waals surface area contributed by atoms with Gasteiger partial charge >= 0.3 is 0 Å². The minimum absolute atomic E-state index is 0.00418. The molecule has 0 amide bonds. The molecule has 0 radical (unpaired) electrons. The lowest BCUT2D eigenvalue weighted by Crippen LogP contribution is -2.34. The van der Waals surface area contributed by atoms with Gasteiger partial charge in [-0.3, -0.25) is 0 Å². The molecule has 4 heteroatoms. The van der Waals surface area contributed by atoms with Gasteiger partial charge in [0.15, 0.2) is 11.5 Å². The lowest BCUT2D eigenvalue weighted by Gasteiger charge is -2.26. The van der Waals surface area contributed by atoms with Crippen LogP contribution in [0.2, 0.25) is 0 Å². The fourth-order valence-corrected chi connectivity index (χ4v) is 2.70. The van der Waals surface area contributed by atoms with Crippen LogP contribution in [0.3, 0.4) is 0 Å². The summed E-state index contributed by atoms with van der Waals surface area (Å²) in [6, 6.07) is 3.08. The summed E-state index contributed by atoms with van der Waals surface area (Å²) < 4.78 is 25.1. The SMILES string of the molecule is COc1cc(F)c(C2(N)CCCC2)cc1OC(C)C. The van der Waals surface area contributed by atoms with Gasteiger partial charge in [0.1, 0.15) is 5.82 Å². The average Bonchev–Trinajstić information content (AvgIpc) is 2.78. The van der Waals surface area contributed by atoms with Crippen molar-refractivity contribution >= 4 is 0 Å². The molecular weight excluding hydrogens is 245 g/mol. The van der Waals surface area contributed by atoms with Gasteiger partial charge < -0.3 is 15.2 Å². The summed E-state index contributed by atoms with van der Waals surface area (Å²) in [5.41, 5.74) is 6.32. The highest BCUT2D eigenvalue weighted by Crippen LogP contribution is 2.41. The van der Waals surface area contributed by atoms with Crippen LogP contribution in [0.5, 0.6) is 11.5 Å². The molecule has 0 heterocycles. The number of nitrogens with two attached hydrogens (primary N) is 1. The molecule has 0 bridgehead atoms. The summed E-state index contributed by atoms with van der Waals surface area (Å²) in [5, 5.41) is 0. The van der Waals surface area contributed by atoms with Crippen molar-refractivity contribution in [2.24, 2.45) is 5.73 Å². The van der Waals surface area contributed by atoms with E-state index in [9.17, 15) is 4.39 Å². The van der Waals surface area contributed by atoms with Gasteiger partial charge in [-0.15, -0.1) is 0 Å². The van der Waals surface area contributed by atoms with Gasteiger partial charge in [0.05, 0.1) is 13.2 Å². The number of hydrogen-bond donors (Lipinski definition) is 1. The first kappa shape index (κ1) is 14.1. The van der Waals surface area contributed by atoms with E-state index in [0.717, 1.165) is 25.7 Å². The average molecular weight is 267 g/mol. The van der Waals surface area contributed by atoms with Crippen molar-refractivity contribution < 1.29 is 13.9 Å². The van der Waals surface area contributed by atoms with Crippen molar-refractivity contribution in [3.63, 3.8) is 0 Å². The predicted octanol–water partition coefficient (Wildman–Crippen LogP) is 3.35. The van der Waals surface area contributed by atoms with E-state index in [1.165, 1.54) is 13.2 Å². The number of hydrogen-bond acceptors (Lipinski definition) is 3. The van der Waals surface area contributed by atoms with Crippen LogP contribution in [0.25, 0.3) is 0 Å². The zero-order chi connectivity index (χ0) is 14.0. The van der Waals surface area contributed by atoms with E-state index in [-0.39, 0.29) is 11.9 Å². The third kappa shape index (κ3) is 2.84. The molecule has 0 atom stereocenters. The standard InChI is InChI=1S/C15H22FNO2/c1-10(2)19-14-8-11(12(16)9-13(14)18-3)15(17)6-4-5-7-15/h8-10H,4-7,17H2,1-3H3. The molecule has 19 heavy (non-hydrogen) atoms. The Labute approximate surface area is 113 Å². The Bertz CT molecular complexity index is 454.